The topological polar surface area (TPSA) is 43.1 Å². The van der Waals surface area contributed by atoms with E-state index < -0.39 is 0 Å². The summed E-state index contributed by atoms with van der Waals surface area (Å²) >= 11 is 0. The standard InChI is InChI=1S/C18H29NO2/c1-16(2,3)12-10-13(17(4,5)6)15(19(20)21)14(11-12)18(7,8)9/h10-11H,1-9H3. The number of benzene rings is 1. The van der Waals surface area contributed by atoms with Crippen LogP contribution in [-0.2, 0) is 16.2 Å². The third-order valence-electron chi connectivity index (χ3n) is 3.77. The molecule has 0 N–H and O–H groups in total. The Hall–Kier alpha value is -1.38. The van der Waals surface area contributed by atoms with Gasteiger partial charge in [-0.05, 0) is 33.9 Å². The van der Waals surface area contributed by atoms with Crippen molar-refractivity contribution in [2.75, 3.05) is 0 Å². The summed E-state index contributed by atoms with van der Waals surface area (Å²) in [4.78, 5) is 11.5. The molecule has 0 fully saturated rings. The Kier molecular flexibility index (Phi) is 4.30. The van der Waals surface area contributed by atoms with Crippen molar-refractivity contribution in [1.29, 1.82) is 0 Å². The number of nitro benzene ring substituents is 1. The maximum absolute atomic E-state index is 11.7. The van der Waals surface area contributed by atoms with Crippen molar-refractivity contribution in [1.82, 2.24) is 0 Å². The minimum absolute atomic E-state index is 0.0326. The van der Waals surface area contributed by atoms with Crippen LogP contribution in [0.4, 0.5) is 5.69 Å². The van der Waals surface area contributed by atoms with E-state index in [0.717, 1.165) is 16.7 Å². The molecule has 0 atom stereocenters. The summed E-state index contributed by atoms with van der Waals surface area (Å²) in [6.07, 6.45) is 0. The molecule has 1 aromatic carbocycles. The molecular formula is C18H29NO2. The van der Waals surface area contributed by atoms with Gasteiger partial charge in [0.15, 0.2) is 0 Å². The molecule has 0 heterocycles. The summed E-state index contributed by atoms with van der Waals surface area (Å²) < 4.78 is 0. The van der Waals surface area contributed by atoms with E-state index >= 15 is 0 Å². The first-order valence-electron chi connectivity index (χ1n) is 7.49. The van der Waals surface area contributed by atoms with Crippen LogP contribution in [-0.4, -0.2) is 4.92 Å². The average Bonchev–Trinajstić information content (AvgIpc) is 2.23. The van der Waals surface area contributed by atoms with Gasteiger partial charge in [0.25, 0.3) is 5.69 Å². The van der Waals surface area contributed by atoms with E-state index in [1.54, 1.807) is 0 Å². The predicted molar refractivity (Wildman–Crippen MR) is 89.2 cm³/mol. The third kappa shape index (κ3) is 3.84. The van der Waals surface area contributed by atoms with Gasteiger partial charge in [0.2, 0.25) is 0 Å². The maximum Gasteiger partial charge on any atom is 0.276 e. The summed E-state index contributed by atoms with van der Waals surface area (Å²) in [6, 6.07) is 4.04. The first-order chi connectivity index (χ1) is 9.15. The molecule has 0 bridgehead atoms. The molecule has 0 saturated carbocycles. The fraction of sp³-hybridized carbons (Fsp3) is 0.667. The molecule has 0 amide bonds. The normalized spacial score (nSPS) is 13.4. The molecule has 0 aromatic heterocycles. The highest BCUT2D eigenvalue weighted by Crippen LogP contribution is 2.42. The molecule has 0 saturated heterocycles. The molecule has 0 radical (unpaired) electrons. The lowest BCUT2D eigenvalue weighted by molar-refractivity contribution is -0.387. The van der Waals surface area contributed by atoms with Gasteiger partial charge < -0.3 is 0 Å². The van der Waals surface area contributed by atoms with Crippen molar-refractivity contribution in [3.8, 4) is 0 Å². The lowest BCUT2D eigenvalue weighted by atomic mass is 9.74. The van der Waals surface area contributed by atoms with E-state index in [1.807, 2.05) is 53.7 Å². The second-order valence-corrected chi connectivity index (χ2v) is 8.93. The second kappa shape index (κ2) is 5.11. The number of rotatable bonds is 1. The minimum atomic E-state index is -0.260. The monoisotopic (exact) mass is 291 g/mol. The summed E-state index contributed by atoms with van der Waals surface area (Å²) in [7, 11) is 0. The van der Waals surface area contributed by atoms with Gasteiger partial charge >= 0.3 is 0 Å². The van der Waals surface area contributed by atoms with Crippen molar-refractivity contribution in [3.63, 3.8) is 0 Å². The molecule has 1 rings (SSSR count). The van der Waals surface area contributed by atoms with Crippen LogP contribution in [0.15, 0.2) is 12.1 Å². The number of hydrogen-bond donors (Lipinski definition) is 0. The number of nitro groups is 1. The molecule has 0 unspecified atom stereocenters. The zero-order valence-electron chi connectivity index (χ0n) is 14.9. The van der Waals surface area contributed by atoms with E-state index in [0.29, 0.717) is 0 Å². The number of hydrogen-bond acceptors (Lipinski definition) is 2. The van der Waals surface area contributed by atoms with Crippen LogP contribution in [0.25, 0.3) is 0 Å². The average molecular weight is 291 g/mol. The Balaban J connectivity index is 3.89. The highest BCUT2D eigenvalue weighted by molar-refractivity contribution is 5.56. The van der Waals surface area contributed by atoms with Gasteiger partial charge in [0.1, 0.15) is 0 Å². The lowest BCUT2D eigenvalue weighted by Crippen LogP contribution is -2.23. The van der Waals surface area contributed by atoms with E-state index in [1.165, 1.54) is 0 Å². The van der Waals surface area contributed by atoms with Gasteiger partial charge in [0, 0.05) is 11.1 Å². The largest absolute Gasteiger partial charge is 0.276 e. The van der Waals surface area contributed by atoms with Gasteiger partial charge in [-0.1, -0.05) is 62.3 Å². The molecule has 118 valence electrons. The van der Waals surface area contributed by atoms with Crippen LogP contribution in [0.2, 0.25) is 0 Å². The smallest absolute Gasteiger partial charge is 0.258 e. The fourth-order valence-corrected chi connectivity index (χ4v) is 2.41. The molecule has 3 heteroatoms. The SMILES string of the molecule is CC(C)(C)c1cc(C(C)(C)C)c([N+](=O)[O-])c(C(C)(C)C)c1. The van der Waals surface area contributed by atoms with Gasteiger partial charge in [0.05, 0.1) is 4.92 Å². The van der Waals surface area contributed by atoms with Gasteiger partial charge in [-0.25, -0.2) is 0 Å². The highest BCUT2D eigenvalue weighted by atomic mass is 16.6. The van der Waals surface area contributed by atoms with E-state index in [2.05, 4.69) is 20.8 Å². The Bertz CT molecular complexity index is 517. The Morgan fingerprint density at radius 2 is 1.10 bits per heavy atom. The minimum Gasteiger partial charge on any atom is -0.258 e. The molecular weight excluding hydrogens is 262 g/mol. The van der Waals surface area contributed by atoms with E-state index in [-0.39, 0.29) is 26.9 Å². The van der Waals surface area contributed by atoms with Gasteiger partial charge in [-0.2, -0.15) is 0 Å². The zero-order valence-corrected chi connectivity index (χ0v) is 14.9. The molecule has 21 heavy (non-hydrogen) atoms. The molecule has 0 spiro atoms. The quantitative estimate of drug-likeness (QED) is 0.507. The van der Waals surface area contributed by atoms with Crippen molar-refractivity contribution in [2.24, 2.45) is 0 Å². The molecule has 0 aliphatic heterocycles. The van der Waals surface area contributed by atoms with E-state index in [4.69, 9.17) is 0 Å². The summed E-state index contributed by atoms with van der Waals surface area (Å²) in [5, 5.41) is 11.7. The summed E-state index contributed by atoms with van der Waals surface area (Å²) in [6.45, 7) is 18.7. The van der Waals surface area contributed by atoms with Gasteiger partial charge in [-0.3, -0.25) is 10.1 Å². The van der Waals surface area contributed by atoms with E-state index in [9.17, 15) is 10.1 Å². The van der Waals surface area contributed by atoms with Crippen LogP contribution in [0, 0.1) is 10.1 Å². The number of nitrogens with zero attached hydrogens (tertiary/aromatic N) is 1. The van der Waals surface area contributed by atoms with Crippen LogP contribution < -0.4 is 0 Å². The van der Waals surface area contributed by atoms with Crippen molar-refractivity contribution >= 4 is 5.69 Å². The summed E-state index contributed by atoms with van der Waals surface area (Å²) in [5.74, 6) is 0. The Labute approximate surface area is 128 Å². The Morgan fingerprint density at radius 3 is 1.29 bits per heavy atom. The van der Waals surface area contributed by atoms with Gasteiger partial charge in [-0.15, -0.1) is 0 Å². The first-order valence-corrected chi connectivity index (χ1v) is 7.49. The van der Waals surface area contributed by atoms with Crippen LogP contribution in [0.5, 0.6) is 0 Å². The molecule has 3 nitrogen and oxygen atoms in total. The fourth-order valence-electron chi connectivity index (χ4n) is 2.41. The van der Waals surface area contributed by atoms with Crippen molar-refractivity contribution in [2.45, 2.75) is 78.6 Å². The predicted octanol–water partition coefficient (Wildman–Crippen LogP) is 5.49. The molecule has 1 aromatic rings. The molecule has 0 aliphatic rings. The highest BCUT2D eigenvalue weighted by Gasteiger charge is 2.34. The lowest BCUT2D eigenvalue weighted by Gasteiger charge is -2.29. The maximum atomic E-state index is 11.7. The first kappa shape index (κ1) is 17.7. The van der Waals surface area contributed by atoms with Crippen LogP contribution in [0.3, 0.4) is 0 Å². The van der Waals surface area contributed by atoms with Crippen LogP contribution in [0.1, 0.15) is 79.0 Å². The third-order valence-corrected chi connectivity index (χ3v) is 3.77. The molecule has 0 aliphatic carbocycles. The zero-order chi connectivity index (χ0) is 16.8. The van der Waals surface area contributed by atoms with Crippen molar-refractivity contribution < 1.29 is 4.92 Å². The van der Waals surface area contributed by atoms with Crippen LogP contribution >= 0.6 is 0 Å². The van der Waals surface area contributed by atoms with Crippen molar-refractivity contribution in [3.05, 3.63) is 38.9 Å². The summed E-state index contributed by atoms with van der Waals surface area (Å²) in [5.41, 5.74) is 2.53. The second-order valence-electron chi connectivity index (χ2n) is 8.93. The Morgan fingerprint density at radius 1 is 0.762 bits per heavy atom.